The van der Waals surface area contributed by atoms with E-state index in [1.54, 1.807) is 0 Å². The van der Waals surface area contributed by atoms with Crippen LogP contribution < -0.4 is 0 Å². The Balaban J connectivity index is 2.31. The van der Waals surface area contributed by atoms with Crippen LogP contribution in [0, 0.1) is 18.2 Å². The van der Waals surface area contributed by atoms with E-state index in [9.17, 15) is 0 Å². The van der Waals surface area contributed by atoms with Crippen molar-refractivity contribution in [2.45, 2.75) is 0 Å². The predicted octanol–water partition coefficient (Wildman–Crippen LogP) is 3.89. The van der Waals surface area contributed by atoms with Crippen LogP contribution in [-0.2, 0) is 0 Å². The maximum Gasteiger partial charge on any atom is -0.0000238 e. The fourth-order valence-electron chi connectivity index (χ4n) is 2.51. The summed E-state index contributed by atoms with van der Waals surface area (Å²) in [6, 6.07) is 24.1. The highest BCUT2D eigenvalue weighted by molar-refractivity contribution is 6.14. The maximum absolute atomic E-state index is 3.19. The van der Waals surface area contributed by atoms with Crippen LogP contribution in [0.4, 0.5) is 0 Å². The third-order valence-corrected chi connectivity index (χ3v) is 3.19. The van der Waals surface area contributed by atoms with E-state index in [4.69, 9.17) is 0 Å². The summed E-state index contributed by atoms with van der Waals surface area (Å²) in [5.74, 6) is 0. The molecule has 1 aliphatic rings. The van der Waals surface area contributed by atoms with Gasteiger partial charge in [-0.15, -0.1) is 0 Å². The van der Waals surface area contributed by atoms with E-state index < -0.39 is 0 Å². The molecule has 3 aromatic rings. The van der Waals surface area contributed by atoms with Gasteiger partial charge in [0.15, 0.2) is 0 Å². The summed E-state index contributed by atoms with van der Waals surface area (Å²) >= 11 is 0. The molecule has 0 fully saturated rings. The topological polar surface area (TPSA) is 0 Å². The van der Waals surface area contributed by atoms with Crippen molar-refractivity contribution in [3.63, 3.8) is 0 Å². The van der Waals surface area contributed by atoms with Crippen molar-refractivity contribution in [3.05, 3.63) is 60.7 Å². The van der Waals surface area contributed by atoms with Crippen LogP contribution in [0.1, 0.15) is 0 Å². The summed E-state index contributed by atoms with van der Waals surface area (Å²) in [5, 5.41) is 2.39. The normalized spacial score (nSPS) is 11.8. The van der Waals surface area contributed by atoms with Gasteiger partial charge in [0.05, 0.1) is 0 Å². The van der Waals surface area contributed by atoms with Crippen LogP contribution in [0.25, 0.3) is 33.0 Å². The van der Waals surface area contributed by atoms with E-state index in [0.717, 1.165) is 5.39 Å². The molecule has 0 heterocycles. The average molecular weight is 199 g/mol. The Morgan fingerprint density at radius 3 is 2.44 bits per heavy atom. The molecule has 0 aromatic heterocycles. The van der Waals surface area contributed by atoms with Crippen LogP contribution >= 0.6 is 0 Å². The third kappa shape index (κ3) is 0.849. The molecule has 0 N–H and O–H groups in total. The van der Waals surface area contributed by atoms with Gasteiger partial charge in [0, 0.05) is 0 Å². The lowest BCUT2D eigenvalue weighted by Gasteiger charge is -1.99. The van der Waals surface area contributed by atoms with E-state index in [0.29, 0.717) is 0 Å². The summed E-state index contributed by atoms with van der Waals surface area (Å²) in [6.45, 7) is 0. The molecule has 0 amide bonds. The highest BCUT2D eigenvalue weighted by Gasteiger charge is 2.19. The van der Waals surface area contributed by atoms with Crippen LogP contribution in [-0.4, -0.2) is 0 Å². The molecule has 0 aliphatic heterocycles. The second-order valence-electron chi connectivity index (χ2n) is 4.02. The first-order valence-electron chi connectivity index (χ1n) is 5.32. The number of hydrogen-bond acceptors (Lipinski definition) is 0. The zero-order valence-electron chi connectivity index (χ0n) is 8.54. The minimum atomic E-state index is 1.13. The molecule has 3 aromatic carbocycles. The number of benzene rings is 3. The van der Waals surface area contributed by atoms with Gasteiger partial charge >= 0.3 is 0 Å². The molecule has 0 atom stereocenters. The third-order valence-electron chi connectivity index (χ3n) is 3.19. The molecule has 1 aliphatic carbocycles. The van der Waals surface area contributed by atoms with Crippen molar-refractivity contribution in [2.24, 2.45) is 0 Å². The zero-order chi connectivity index (χ0) is 10.5. The summed E-state index contributed by atoms with van der Waals surface area (Å²) in [7, 11) is 0. The molecule has 71 valence electrons. The van der Waals surface area contributed by atoms with E-state index >= 15 is 0 Å². The molecular weight excluding hydrogens is 192 g/mol. The Hall–Kier alpha value is -2.08. The van der Waals surface area contributed by atoms with E-state index in [2.05, 4.69) is 60.7 Å². The Kier molecular flexibility index (Phi) is 1.39. The molecule has 4 rings (SSSR count). The maximum atomic E-state index is 3.19. The van der Waals surface area contributed by atoms with Gasteiger partial charge in [-0.2, -0.15) is 0 Å². The van der Waals surface area contributed by atoms with Gasteiger partial charge in [-0.25, -0.2) is 0 Å². The van der Waals surface area contributed by atoms with Crippen LogP contribution in [0.15, 0.2) is 42.5 Å². The van der Waals surface area contributed by atoms with Gasteiger partial charge in [0.1, 0.15) is 0 Å². The number of rotatable bonds is 0. The first-order chi connectivity index (χ1) is 7.95. The Morgan fingerprint density at radius 2 is 1.50 bits per heavy atom. The summed E-state index contributed by atoms with van der Waals surface area (Å²) in [5.41, 5.74) is 5.02. The minimum Gasteiger partial charge on any atom is -0.0616 e. The van der Waals surface area contributed by atoms with Gasteiger partial charge in [-0.1, -0.05) is 42.5 Å². The summed E-state index contributed by atoms with van der Waals surface area (Å²) in [6.07, 6.45) is 0. The zero-order valence-corrected chi connectivity index (χ0v) is 8.54. The van der Waals surface area contributed by atoms with Gasteiger partial charge in [-0.05, 0) is 51.2 Å². The first-order valence-corrected chi connectivity index (χ1v) is 5.32. The van der Waals surface area contributed by atoms with Crippen molar-refractivity contribution < 1.29 is 0 Å². The van der Waals surface area contributed by atoms with Crippen molar-refractivity contribution in [1.82, 2.24) is 0 Å². The smallest absolute Gasteiger partial charge is 0.0000238 e. The van der Waals surface area contributed by atoms with Crippen molar-refractivity contribution in [3.8, 4) is 22.3 Å². The minimum absolute atomic E-state index is 1.13. The van der Waals surface area contributed by atoms with Crippen molar-refractivity contribution in [1.29, 1.82) is 0 Å². The van der Waals surface area contributed by atoms with Crippen molar-refractivity contribution in [2.75, 3.05) is 0 Å². The molecule has 16 heavy (non-hydrogen) atoms. The van der Waals surface area contributed by atoms with Gasteiger partial charge in [-0.3, -0.25) is 0 Å². The lowest BCUT2D eigenvalue weighted by molar-refractivity contribution is 1.69. The second-order valence-corrected chi connectivity index (χ2v) is 4.02. The number of hydrogen-bond donors (Lipinski definition) is 0. The number of fused-ring (bicyclic) bond motifs is 3. The van der Waals surface area contributed by atoms with Crippen LogP contribution in [0.3, 0.4) is 0 Å². The Morgan fingerprint density at radius 1 is 0.688 bits per heavy atom. The Bertz CT molecular complexity index is 650. The van der Waals surface area contributed by atoms with Crippen molar-refractivity contribution >= 4 is 10.8 Å². The molecule has 3 radical (unpaired) electrons. The lowest BCUT2D eigenvalue weighted by Crippen LogP contribution is -1.75. The molecular formula is C16H7. The average Bonchev–Trinajstić information content (AvgIpc) is 2.68. The fourth-order valence-corrected chi connectivity index (χ4v) is 2.51. The molecule has 0 nitrogen and oxygen atoms in total. The first kappa shape index (κ1) is 8.12. The second kappa shape index (κ2) is 2.73. The van der Waals surface area contributed by atoms with E-state index in [-0.39, 0.29) is 0 Å². The molecule has 0 heteroatoms. The Labute approximate surface area is 94.2 Å². The van der Waals surface area contributed by atoms with Crippen LogP contribution in [0.5, 0.6) is 0 Å². The standard InChI is InChI=1S/C16H7/c1-2-8-13-12(7-1)14-9-3-5-11-6-4-10-15(13)16(11)14/h1-3,5,7-9H. The van der Waals surface area contributed by atoms with Gasteiger partial charge < -0.3 is 0 Å². The van der Waals surface area contributed by atoms with Gasteiger partial charge in [0.2, 0.25) is 0 Å². The molecule has 0 unspecified atom stereocenters. The quantitative estimate of drug-likeness (QED) is 0.403. The predicted molar refractivity (Wildman–Crippen MR) is 64.9 cm³/mol. The highest BCUT2D eigenvalue weighted by Crippen LogP contribution is 2.46. The monoisotopic (exact) mass is 199 g/mol. The molecule has 0 saturated heterocycles. The lowest BCUT2D eigenvalue weighted by atomic mass is 10.0. The molecule has 0 saturated carbocycles. The largest absolute Gasteiger partial charge is 0.0616 e. The summed E-state index contributed by atoms with van der Waals surface area (Å²) < 4.78 is 0. The van der Waals surface area contributed by atoms with Gasteiger partial charge in [0.25, 0.3) is 0 Å². The van der Waals surface area contributed by atoms with E-state index in [1.807, 2.05) is 0 Å². The molecule has 0 spiro atoms. The summed E-state index contributed by atoms with van der Waals surface area (Å²) in [4.78, 5) is 0. The SMILES string of the molecule is [c]1[c]c2c3c(cccc3[c]1)-c1ccccc1-2. The molecule has 0 bridgehead atoms. The fraction of sp³-hybridized carbons (Fsp3) is 0. The van der Waals surface area contributed by atoms with Crippen LogP contribution in [0.2, 0.25) is 0 Å². The highest BCUT2D eigenvalue weighted by atomic mass is 14.2. The van der Waals surface area contributed by atoms with E-state index in [1.165, 1.54) is 27.6 Å².